The number of hydrogen-bond acceptors (Lipinski definition) is 4. The van der Waals surface area contributed by atoms with Gasteiger partial charge in [0.05, 0.1) is 16.9 Å². The van der Waals surface area contributed by atoms with Crippen LogP contribution in [0.3, 0.4) is 0 Å². The Labute approximate surface area is 140 Å². The van der Waals surface area contributed by atoms with Gasteiger partial charge >= 0.3 is 5.97 Å². The maximum absolute atomic E-state index is 12.5. The molecule has 1 N–H and O–H groups in total. The van der Waals surface area contributed by atoms with Crippen molar-refractivity contribution in [3.8, 4) is 0 Å². The summed E-state index contributed by atoms with van der Waals surface area (Å²) in [6, 6.07) is 6.45. The first-order chi connectivity index (χ1) is 11.2. The third kappa shape index (κ3) is 2.86. The molecule has 1 aromatic carbocycles. The van der Waals surface area contributed by atoms with Gasteiger partial charge in [0, 0.05) is 25.2 Å². The first-order valence-corrected chi connectivity index (χ1v) is 9.47. The summed E-state index contributed by atoms with van der Waals surface area (Å²) in [7, 11) is -3.24. The lowest BCUT2D eigenvalue weighted by Crippen LogP contribution is -2.34. The van der Waals surface area contributed by atoms with E-state index in [0.29, 0.717) is 37.2 Å². The van der Waals surface area contributed by atoms with Gasteiger partial charge in [-0.1, -0.05) is 0 Å². The lowest BCUT2D eigenvalue weighted by Gasteiger charge is -2.21. The van der Waals surface area contributed by atoms with E-state index in [4.69, 9.17) is 0 Å². The number of anilines is 1. The Morgan fingerprint density at radius 2 is 1.83 bits per heavy atom. The molecule has 2 heterocycles. The Kier molecular flexibility index (Phi) is 4.03. The van der Waals surface area contributed by atoms with Crippen molar-refractivity contribution in [3.05, 3.63) is 29.8 Å². The van der Waals surface area contributed by atoms with Gasteiger partial charge in [-0.2, -0.15) is 0 Å². The van der Waals surface area contributed by atoms with Crippen molar-refractivity contribution in [2.75, 3.05) is 29.7 Å². The summed E-state index contributed by atoms with van der Waals surface area (Å²) < 4.78 is 25.2. The zero-order chi connectivity index (χ0) is 17.5. The second kappa shape index (κ2) is 5.77. The van der Waals surface area contributed by atoms with Crippen molar-refractivity contribution in [3.63, 3.8) is 0 Å². The normalized spacial score (nSPS) is 25.9. The molecule has 7 nitrogen and oxygen atoms in total. The molecular formula is C16H20N2O5S. The van der Waals surface area contributed by atoms with Crippen molar-refractivity contribution in [1.82, 2.24) is 4.90 Å². The Bertz CT molecular complexity index is 774. The minimum absolute atomic E-state index is 0.148. The molecule has 0 radical (unpaired) electrons. The Hall–Kier alpha value is -2.09. The second-order valence-corrected chi connectivity index (χ2v) is 8.64. The van der Waals surface area contributed by atoms with Gasteiger partial charge in [0.2, 0.25) is 10.0 Å². The highest BCUT2D eigenvalue weighted by molar-refractivity contribution is 7.93. The molecule has 1 amide bonds. The molecule has 0 unspecified atom stereocenters. The van der Waals surface area contributed by atoms with Crippen molar-refractivity contribution in [1.29, 1.82) is 0 Å². The number of amides is 1. The molecule has 130 valence electrons. The van der Waals surface area contributed by atoms with Gasteiger partial charge in [-0.15, -0.1) is 0 Å². The van der Waals surface area contributed by atoms with Crippen LogP contribution in [-0.2, 0) is 14.8 Å². The topological polar surface area (TPSA) is 95.0 Å². The van der Waals surface area contributed by atoms with Crippen LogP contribution in [0.2, 0.25) is 0 Å². The average molecular weight is 352 g/mol. The molecule has 2 aliphatic rings. The number of carbonyl (C=O) groups excluding carboxylic acids is 1. The number of nitrogens with zero attached hydrogens (tertiary/aromatic N) is 2. The van der Waals surface area contributed by atoms with Gasteiger partial charge in [-0.05, 0) is 44.0 Å². The number of benzene rings is 1. The molecule has 2 saturated heterocycles. The lowest BCUT2D eigenvalue weighted by molar-refractivity contribution is -0.147. The average Bonchev–Trinajstić information content (AvgIpc) is 3.10. The van der Waals surface area contributed by atoms with Crippen LogP contribution in [0.1, 0.15) is 30.1 Å². The highest BCUT2D eigenvalue weighted by atomic mass is 32.2. The Balaban J connectivity index is 1.75. The Morgan fingerprint density at radius 1 is 1.17 bits per heavy atom. The maximum Gasteiger partial charge on any atom is 0.311 e. The molecular weight excluding hydrogens is 332 g/mol. The highest BCUT2D eigenvalue weighted by Gasteiger charge is 2.42. The smallest absolute Gasteiger partial charge is 0.311 e. The first kappa shape index (κ1) is 16.8. The summed E-state index contributed by atoms with van der Waals surface area (Å²) in [5.41, 5.74) is 0.0880. The van der Waals surface area contributed by atoms with Gasteiger partial charge in [-0.3, -0.25) is 13.9 Å². The summed E-state index contributed by atoms with van der Waals surface area (Å²) in [6.45, 7) is 2.69. The van der Waals surface area contributed by atoms with Gasteiger partial charge in [0.25, 0.3) is 5.91 Å². The van der Waals surface area contributed by atoms with Crippen molar-refractivity contribution in [2.24, 2.45) is 5.41 Å². The van der Waals surface area contributed by atoms with Crippen molar-refractivity contribution in [2.45, 2.75) is 19.8 Å². The number of carbonyl (C=O) groups is 2. The summed E-state index contributed by atoms with van der Waals surface area (Å²) in [5, 5.41) is 9.25. The fraction of sp³-hybridized carbons (Fsp3) is 0.500. The van der Waals surface area contributed by atoms with E-state index in [1.165, 1.54) is 9.21 Å². The molecule has 24 heavy (non-hydrogen) atoms. The second-order valence-electron chi connectivity index (χ2n) is 6.63. The standard InChI is InChI=1S/C16H20N2O5S/c1-16(15(20)21)7-9-17(11-16)14(19)12-3-5-13(6-4-12)18-8-2-10-24(18,22)23/h3-6H,2,7-11H2,1H3,(H,20,21)/t16-/m1/s1. The van der Waals surface area contributed by atoms with E-state index in [0.717, 1.165) is 0 Å². The third-order valence-corrected chi connectivity index (χ3v) is 6.65. The molecule has 0 spiro atoms. The zero-order valence-corrected chi connectivity index (χ0v) is 14.3. The molecule has 1 aromatic rings. The largest absolute Gasteiger partial charge is 0.481 e. The van der Waals surface area contributed by atoms with Crippen LogP contribution in [0.25, 0.3) is 0 Å². The molecule has 0 bridgehead atoms. The van der Waals surface area contributed by atoms with Gasteiger partial charge < -0.3 is 10.0 Å². The number of likely N-dealkylation sites (tertiary alicyclic amines) is 1. The zero-order valence-electron chi connectivity index (χ0n) is 13.4. The monoisotopic (exact) mass is 352 g/mol. The lowest BCUT2D eigenvalue weighted by atomic mass is 9.90. The quantitative estimate of drug-likeness (QED) is 0.881. The first-order valence-electron chi connectivity index (χ1n) is 7.86. The molecule has 3 rings (SSSR count). The van der Waals surface area contributed by atoms with E-state index < -0.39 is 21.4 Å². The van der Waals surface area contributed by atoms with E-state index in [9.17, 15) is 23.1 Å². The summed E-state index contributed by atoms with van der Waals surface area (Å²) in [4.78, 5) is 25.3. The molecule has 2 fully saturated rings. The van der Waals surface area contributed by atoms with Gasteiger partial charge in [0.15, 0.2) is 0 Å². The summed E-state index contributed by atoms with van der Waals surface area (Å²) >= 11 is 0. The van der Waals surface area contributed by atoms with Crippen LogP contribution in [0.15, 0.2) is 24.3 Å². The summed E-state index contributed by atoms with van der Waals surface area (Å²) in [6.07, 6.45) is 1.03. The number of aliphatic carboxylic acids is 1. The minimum atomic E-state index is -3.24. The maximum atomic E-state index is 12.5. The van der Waals surface area contributed by atoms with Crippen LogP contribution in [0.5, 0.6) is 0 Å². The van der Waals surface area contributed by atoms with Gasteiger partial charge in [-0.25, -0.2) is 8.42 Å². The fourth-order valence-corrected chi connectivity index (χ4v) is 4.76. The van der Waals surface area contributed by atoms with E-state index in [1.807, 2.05) is 0 Å². The fourth-order valence-electron chi connectivity index (χ4n) is 3.19. The van der Waals surface area contributed by atoms with Crippen LogP contribution in [0, 0.1) is 5.41 Å². The van der Waals surface area contributed by atoms with E-state index >= 15 is 0 Å². The van der Waals surface area contributed by atoms with Crippen molar-refractivity contribution >= 4 is 27.6 Å². The van der Waals surface area contributed by atoms with E-state index in [-0.39, 0.29) is 18.2 Å². The number of sulfonamides is 1. The highest BCUT2D eigenvalue weighted by Crippen LogP contribution is 2.31. The molecule has 0 aliphatic carbocycles. The minimum Gasteiger partial charge on any atom is -0.481 e. The molecule has 8 heteroatoms. The predicted octanol–water partition coefficient (Wildman–Crippen LogP) is 1.16. The number of carboxylic acids is 1. The predicted molar refractivity (Wildman–Crippen MR) is 88.5 cm³/mol. The molecule has 0 aromatic heterocycles. The Morgan fingerprint density at radius 3 is 2.33 bits per heavy atom. The SMILES string of the molecule is C[C@@]1(C(=O)O)CCN(C(=O)c2ccc(N3CCCS3(=O)=O)cc2)C1. The molecule has 2 aliphatic heterocycles. The molecule has 0 saturated carbocycles. The van der Waals surface area contributed by atoms with Crippen molar-refractivity contribution < 1.29 is 23.1 Å². The number of rotatable bonds is 3. The van der Waals surface area contributed by atoms with Crippen LogP contribution in [0.4, 0.5) is 5.69 Å². The summed E-state index contributed by atoms with van der Waals surface area (Å²) in [5.74, 6) is -0.974. The third-order valence-electron chi connectivity index (χ3n) is 4.78. The van der Waals surface area contributed by atoms with Crippen LogP contribution in [-0.4, -0.2) is 55.7 Å². The molecule has 1 atom stereocenters. The van der Waals surface area contributed by atoms with Gasteiger partial charge in [0.1, 0.15) is 0 Å². The number of carboxylic acid groups (broad SMARTS) is 1. The van der Waals surface area contributed by atoms with Crippen LogP contribution < -0.4 is 4.31 Å². The van der Waals surface area contributed by atoms with E-state index in [1.54, 1.807) is 31.2 Å². The van der Waals surface area contributed by atoms with E-state index in [2.05, 4.69) is 0 Å². The van der Waals surface area contributed by atoms with Crippen LogP contribution >= 0.6 is 0 Å². The number of hydrogen-bond donors (Lipinski definition) is 1.